The molecule has 126 valence electrons. The molecule has 0 bridgehead atoms. The van der Waals surface area contributed by atoms with Crippen LogP contribution in [0.4, 0.5) is 0 Å². The molecular formula is C17H24N2O4. The second kappa shape index (κ2) is 7.76. The van der Waals surface area contributed by atoms with Gasteiger partial charge in [-0.25, -0.2) is 0 Å². The lowest BCUT2D eigenvalue weighted by molar-refractivity contribution is -0.137. The number of carboxylic acid groups (broad SMARTS) is 1. The maximum absolute atomic E-state index is 12.1. The highest BCUT2D eigenvalue weighted by atomic mass is 16.4. The molecule has 0 aliphatic heterocycles. The van der Waals surface area contributed by atoms with Gasteiger partial charge in [-0.15, -0.1) is 0 Å². The van der Waals surface area contributed by atoms with E-state index in [0.29, 0.717) is 12.0 Å². The van der Waals surface area contributed by atoms with Crippen molar-refractivity contribution in [2.45, 2.75) is 46.1 Å². The zero-order valence-electron chi connectivity index (χ0n) is 14.0. The van der Waals surface area contributed by atoms with Crippen LogP contribution in [0.5, 0.6) is 0 Å². The lowest BCUT2D eigenvalue weighted by Crippen LogP contribution is -2.47. The molecule has 0 unspecified atom stereocenters. The Balaban J connectivity index is 2.52. The third-order valence-electron chi connectivity index (χ3n) is 3.34. The number of carboxylic acids is 1. The van der Waals surface area contributed by atoms with E-state index in [9.17, 15) is 14.4 Å². The molecular weight excluding hydrogens is 296 g/mol. The Morgan fingerprint density at radius 3 is 2.17 bits per heavy atom. The Morgan fingerprint density at radius 1 is 1.09 bits per heavy atom. The molecule has 6 heteroatoms. The molecule has 0 saturated heterocycles. The van der Waals surface area contributed by atoms with Crippen LogP contribution in [0.15, 0.2) is 18.2 Å². The normalized spacial score (nSPS) is 11.0. The number of amides is 2. The van der Waals surface area contributed by atoms with E-state index in [-0.39, 0.29) is 24.8 Å². The van der Waals surface area contributed by atoms with Gasteiger partial charge in [0.05, 0.1) is 6.54 Å². The first-order valence-corrected chi connectivity index (χ1v) is 7.48. The highest BCUT2D eigenvalue weighted by Crippen LogP contribution is 2.11. The second-order valence-electron chi connectivity index (χ2n) is 6.38. The number of carbonyl (C=O) groups excluding carboxylic acids is 2. The Kier molecular flexibility index (Phi) is 6.30. The van der Waals surface area contributed by atoms with Gasteiger partial charge in [0.15, 0.2) is 0 Å². The van der Waals surface area contributed by atoms with Crippen molar-refractivity contribution in [1.82, 2.24) is 10.6 Å². The van der Waals surface area contributed by atoms with E-state index >= 15 is 0 Å². The number of rotatable bonds is 7. The summed E-state index contributed by atoms with van der Waals surface area (Å²) in [5, 5.41) is 14.0. The average Bonchev–Trinajstić information content (AvgIpc) is 2.41. The van der Waals surface area contributed by atoms with Gasteiger partial charge < -0.3 is 15.7 Å². The van der Waals surface area contributed by atoms with Crippen molar-refractivity contribution in [2.24, 2.45) is 0 Å². The van der Waals surface area contributed by atoms with Gasteiger partial charge in [0.25, 0.3) is 5.91 Å². The molecule has 0 atom stereocenters. The van der Waals surface area contributed by atoms with Gasteiger partial charge in [-0.3, -0.25) is 14.4 Å². The summed E-state index contributed by atoms with van der Waals surface area (Å²) in [5.74, 6) is -1.57. The third-order valence-corrected chi connectivity index (χ3v) is 3.34. The topological polar surface area (TPSA) is 95.5 Å². The Hall–Kier alpha value is -2.37. The van der Waals surface area contributed by atoms with Gasteiger partial charge in [-0.1, -0.05) is 17.2 Å². The van der Waals surface area contributed by atoms with Gasteiger partial charge in [-0.2, -0.15) is 0 Å². The smallest absolute Gasteiger partial charge is 0.303 e. The average molecular weight is 320 g/mol. The molecule has 23 heavy (non-hydrogen) atoms. The summed E-state index contributed by atoms with van der Waals surface area (Å²) < 4.78 is 0. The summed E-state index contributed by atoms with van der Waals surface area (Å²) in [6.45, 7) is 7.16. The maximum atomic E-state index is 12.1. The number of hydrogen-bond donors (Lipinski definition) is 3. The molecule has 1 rings (SSSR count). The summed E-state index contributed by atoms with van der Waals surface area (Å²) in [5.41, 5.74) is 1.84. The number of carbonyl (C=O) groups is 3. The summed E-state index contributed by atoms with van der Waals surface area (Å²) in [7, 11) is 0. The van der Waals surface area contributed by atoms with Crippen molar-refractivity contribution < 1.29 is 19.5 Å². The minimum absolute atomic E-state index is 0.0256. The number of hydrogen-bond acceptors (Lipinski definition) is 3. The first-order valence-electron chi connectivity index (χ1n) is 7.48. The summed E-state index contributed by atoms with van der Waals surface area (Å²) in [6.07, 6.45) is 0.293. The number of nitrogens with one attached hydrogen (secondary N) is 2. The lowest BCUT2D eigenvalue weighted by atomic mass is 9.98. The summed E-state index contributed by atoms with van der Waals surface area (Å²) in [4.78, 5) is 34.6. The summed E-state index contributed by atoms with van der Waals surface area (Å²) >= 11 is 0. The maximum Gasteiger partial charge on any atom is 0.303 e. The summed E-state index contributed by atoms with van der Waals surface area (Å²) in [6, 6.07) is 5.49. The van der Waals surface area contributed by atoms with Crippen LogP contribution in [0, 0.1) is 13.8 Å². The minimum Gasteiger partial charge on any atom is -0.481 e. The fourth-order valence-electron chi connectivity index (χ4n) is 2.27. The molecule has 3 N–H and O–H groups in total. The standard InChI is InChI=1S/C17H24N2O4/c1-11-7-12(2)9-13(8-11)16(23)18-10-14(20)19-17(3,4)6-5-15(21)22/h7-9H,5-6,10H2,1-4H3,(H,18,23)(H,19,20)(H,21,22). The quantitative estimate of drug-likeness (QED) is 0.714. The Bertz CT molecular complexity index is 588. The van der Waals surface area contributed by atoms with Crippen LogP contribution in [0.25, 0.3) is 0 Å². The molecule has 2 amide bonds. The van der Waals surface area contributed by atoms with Crippen molar-refractivity contribution >= 4 is 17.8 Å². The molecule has 0 aliphatic carbocycles. The molecule has 0 aromatic heterocycles. The van der Waals surface area contributed by atoms with Crippen molar-refractivity contribution in [1.29, 1.82) is 0 Å². The van der Waals surface area contributed by atoms with Gasteiger partial charge in [0.1, 0.15) is 0 Å². The van der Waals surface area contributed by atoms with E-state index in [0.717, 1.165) is 11.1 Å². The van der Waals surface area contributed by atoms with Gasteiger partial charge in [0.2, 0.25) is 5.91 Å². The lowest BCUT2D eigenvalue weighted by Gasteiger charge is -2.25. The van der Waals surface area contributed by atoms with Crippen LogP contribution >= 0.6 is 0 Å². The number of aliphatic carboxylic acids is 1. The Morgan fingerprint density at radius 2 is 1.65 bits per heavy atom. The molecule has 0 aliphatic rings. The van der Waals surface area contributed by atoms with Crippen LogP contribution in [0.2, 0.25) is 0 Å². The van der Waals surface area contributed by atoms with Crippen LogP contribution in [0.3, 0.4) is 0 Å². The van der Waals surface area contributed by atoms with E-state index in [1.807, 2.05) is 19.9 Å². The largest absolute Gasteiger partial charge is 0.481 e. The van der Waals surface area contributed by atoms with Crippen molar-refractivity contribution in [2.75, 3.05) is 6.54 Å². The molecule has 0 heterocycles. The van der Waals surface area contributed by atoms with Crippen molar-refractivity contribution in [3.05, 3.63) is 34.9 Å². The molecule has 0 saturated carbocycles. The van der Waals surface area contributed by atoms with Gasteiger partial charge >= 0.3 is 5.97 Å². The second-order valence-corrected chi connectivity index (χ2v) is 6.38. The highest BCUT2D eigenvalue weighted by molar-refractivity contribution is 5.96. The predicted octanol–water partition coefficient (Wildman–Crippen LogP) is 1.79. The predicted molar refractivity (Wildman–Crippen MR) is 87.3 cm³/mol. The van der Waals surface area contributed by atoms with Crippen LogP contribution in [-0.4, -0.2) is 35.0 Å². The van der Waals surface area contributed by atoms with Gasteiger partial charge in [0, 0.05) is 17.5 Å². The van der Waals surface area contributed by atoms with Crippen LogP contribution < -0.4 is 10.6 Å². The fourth-order valence-corrected chi connectivity index (χ4v) is 2.27. The van der Waals surface area contributed by atoms with E-state index in [1.165, 1.54) is 0 Å². The first kappa shape index (κ1) is 18.7. The molecule has 6 nitrogen and oxygen atoms in total. The monoisotopic (exact) mass is 320 g/mol. The number of benzene rings is 1. The van der Waals surface area contributed by atoms with E-state index in [4.69, 9.17) is 5.11 Å². The Labute approximate surface area is 136 Å². The van der Waals surface area contributed by atoms with E-state index < -0.39 is 11.5 Å². The molecule has 1 aromatic rings. The zero-order valence-corrected chi connectivity index (χ0v) is 14.0. The highest BCUT2D eigenvalue weighted by Gasteiger charge is 2.21. The van der Waals surface area contributed by atoms with Crippen LogP contribution in [-0.2, 0) is 9.59 Å². The number of aryl methyl sites for hydroxylation is 2. The van der Waals surface area contributed by atoms with E-state index in [1.54, 1.807) is 26.0 Å². The van der Waals surface area contributed by atoms with Crippen LogP contribution in [0.1, 0.15) is 48.2 Å². The molecule has 0 fully saturated rings. The third kappa shape index (κ3) is 6.95. The molecule has 0 radical (unpaired) electrons. The molecule has 1 aromatic carbocycles. The molecule has 0 spiro atoms. The fraction of sp³-hybridized carbons (Fsp3) is 0.471. The zero-order chi connectivity index (χ0) is 17.6. The van der Waals surface area contributed by atoms with Crippen molar-refractivity contribution in [3.63, 3.8) is 0 Å². The minimum atomic E-state index is -0.907. The SMILES string of the molecule is Cc1cc(C)cc(C(=O)NCC(=O)NC(C)(C)CCC(=O)O)c1. The van der Waals surface area contributed by atoms with E-state index in [2.05, 4.69) is 10.6 Å². The van der Waals surface area contributed by atoms with Gasteiger partial charge in [-0.05, 0) is 46.2 Å². The van der Waals surface area contributed by atoms with Crippen molar-refractivity contribution in [3.8, 4) is 0 Å². The first-order chi connectivity index (χ1) is 10.6.